The number of rotatable bonds is 8. The Balaban J connectivity index is 1.64. The third-order valence-corrected chi connectivity index (χ3v) is 6.84. The maximum atomic E-state index is 13.1. The Labute approximate surface area is 213 Å². The summed E-state index contributed by atoms with van der Waals surface area (Å²) in [5.74, 6) is -1.35. The molecule has 198 valence electrons. The number of hydrogen-bond acceptors (Lipinski definition) is 7. The van der Waals surface area contributed by atoms with Crippen molar-refractivity contribution in [2.45, 2.75) is 78.6 Å². The Hall–Kier alpha value is -2.94. The van der Waals surface area contributed by atoms with Gasteiger partial charge >= 0.3 is 12.1 Å². The van der Waals surface area contributed by atoms with Gasteiger partial charge in [-0.3, -0.25) is 14.5 Å². The summed E-state index contributed by atoms with van der Waals surface area (Å²) in [6.07, 6.45) is 0.437. The summed E-state index contributed by atoms with van der Waals surface area (Å²) in [5, 5.41) is 0.524. The molecule has 0 bridgehead atoms. The van der Waals surface area contributed by atoms with Gasteiger partial charge in [0.1, 0.15) is 11.6 Å². The molecule has 0 radical (unpaired) electrons. The lowest BCUT2D eigenvalue weighted by Crippen LogP contribution is -2.54. The zero-order chi connectivity index (χ0) is 26.5. The Morgan fingerprint density at radius 2 is 1.67 bits per heavy atom. The predicted octanol–water partition coefficient (Wildman–Crippen LogP) is 4.10. The number of nitrogens with zero attached hydrogens (tertiary/aromatic N) is 2. The van der Waals surface area contributed by atoms with Crippen LogP contribution >= 0.6 is 0 Å². The average Bonchev–Trinajstić information content (AvgIpc) is 3.14. The molecule has 2 aliphatic rings. The second kappa shape index (κ2) is 11.9. The molecule has 0 aliphatic carbocycles. The highest BCUT2D eigenvalue weighted by Crippen LogP contribution is 2.33. The molecule has 3 unspecified atom stereocenters. The summed E-state index contributed by atoms with van der Waals surface area (Å²) in [4.78, 5) is 56.4. The standard InChI is InChI=1S/C27H38N2O7/c1-18(16-34-17-20-9-7-6-8-10-20)19(2)21-11-12-22(28(15-21)26(33)35-27(3,4)5)25(32)36-29-23(30)13-14-24(29)31/h6-10,18-19,21-22H,11-17H2,1-5H3/t18?,19?,21?,22-/m0/s1. The summed E-state index contributed by atoms with van der Waals surface area (Å²) < 4.78 is 11.5. The molecule has 3 rings (SSSR count). The van der Waals surface area contributed by atoms with E-state index in [1.165, 1.54) is 4.90 Å². The summed E-state index contributed by atoms with van der Waals surface area (Å²) in [6, 6.07) is 9.04. The smallest absolute Gasteiger partial charge is 0.411 e. The summed E-state index contributed by atoms with van der Waals surface area (Å²) >= 11 is 0. The summed E-state index contributed by atoms with van der Waals surface area (Å²) in [5.41, 5.74) is 0.367. The molecule has 9 heteroatoms. The van der Waals surface area contributed by atoms with Crippen LogP contribution in [-0.2, 0) is 35.3 Å². The Morgan fingerprint density at radius 1 is 1.03 bits per heavy atom. The zero-order valence-electron chi connectivity index (χ0n) is 21.9. The van der Waals surface area contributed by atoms with Crippen LogP contribution in [0.15, 0.2) is 30.3 Å². The van der Waals surface area contributed by atoms with E-state index in [9.17, 15) is 19.2 Å². The molecule has 1 aromatic rings. The molecule has 3 amide bonds. The molecule has 2 heterocycles. The van der Waals surface area contributed by atoms with Crippen molar-refractivity contribution in [3.63, 3.8) is 0 Å². The Kier molecular flexibility index (Phi) is 9.11. The van der Waals surface area contributed by atoms with E-state index >= 15 is 0 Å². The molecule has 0 saturated carbocycles. The van der Waals surface area contributed by atoms with Gasteiger partial charge in [-0.2, -0.15) is 0 Å². The fourth-order valence-corrected chi connectivity index (χ4v) is 4.56. The minimum Gasteiger partial charge on any atom is -0.444 e. The Morgan fingerprint density at radius 3 is 2.28 bits per heavy atom. The summed E-state index contributed by atoms with van der Waals surface area (Å²) in [7, 11) is 0. The van der Waals surface area contributed by atoms with Gasteiger partial charge in [0.25, 0.3) is 11.8 Å². The van der Waals surface area contributed by atoms with Gasteiger partial charge in [-0.15, -0.1) is 5.06 Å². The number of carbonyl (C=O) groups is 4. The molecule has 0 spiro atoms. The second-order valence-electron chi connectivity index (χ2n) is 10.8. The molecule has 0 aromatic heterocycles. The van der Waals surface area contributed by atoms with Gasteiger partial charge in [0.2, 0.25) is 0 Å². The fourth-order valence-electron chi connectivity index (χ4n) is 4.56. The van der Waals surface area contributed by atoms with Gasteiger partial charge in [-0.1, -0.05) is 44.2 Å². The largest absolute Gasteiger partial charge is 0.444 e. The van der Waals surface area contributed by atoms with E-state index in [0.717, 1.165) is 5.56 Å². The van der Waals surface area contributed by atoms with Crippen LogP contribution in [0.5, 0.6) is 0 Å². The second-order valence-corrected chi connectivity index (χ2v) is 10.8. The van der Waals surface area contributed by atoms with Crippen molar-refractivity contribution < 1.29 is 33.5 Å². The zero-order valence-corrected chi connectivity index (χ0v) is 21.9. The van der Waals surface area contributed by atoms with Gasteiger partial charge < -0.3 is 14.3 Å². The molecule has 2 aliphatic heterocycles. The van der Waals surface area contributed by atoms with Crippen LogP contribution < -0.4 is 0 Å². The van der Waals surface area contributed by atoms with Gasteiger partial charge in [0, 0.05) is 26.0 Å². The average molecular weight is 503 g/mol. The number of benzene rings is 1. The van der Waals surface area contributed by atoms with Crippen LogP contribution in [0, 0.1) is 17.8 Å². The number of ether oxygens (including phenoxy) is 2. The molecule has 36 heavy (non-hydrogen) atoms. The first-order valence-corrected chi connectivity index (χ1v) is 12.6. The van der Waals surface area contributed by atoms with E-state index < -0.39 is 35.5 Å². The highest BCUT2D eigenvalue weighted by Gasteiger charge is 2.43. The number of hydrogen-bond donors (Lipinski definition) is 0. The number of likely N-dealkylation sites (tertiary alicyclic amines) is 1. The third kappa shape index (κ3) is 7.29. The monoisotopic (exact) mass is 502 g/mol. The predicted molar refractivity (Wildman–Crippen MR) is 131 cm³/mol. The van der Waals surface area contributed by atoms with E-state index in [0.29, 0.717) is 37.7 Å². The van der Waals surface area contributed by atoms with Crippen LogP contribution in [-0.4, -0.2) is 58.6 Å². The van der Waals surface area contributed by atoms with Gasteiger partial charge in [0.05, 0.1) is 6.61 Å². The van der Waals surface area contributed by atoms with Crippen LogP contribution in [0.4, 0.5) is 4.79 Å². The lowest BCUT2D eigenvalue weighted by molar-refractivity contribution is -0.202. The molecule has 4 atom stereocenters. The van der Waals surface area contributed by atoms with Crippen molar-refractivity contribution in [3.8, 4) is 0 Å². The number of hydroxylamine groups is 2. The molecule has 1 aromatic carbocycles. The third-order valence-electron chi connectivity index (χ3n) is 6.84. The van der Waals surface area contributed by atoms with Crippen molar-refractivity contribution in [1.29, 1.82) is 0 Å². The number of piperidine rings is 1. The van der Waals surface area contributed by atoms with Crippen molar-refractivity contribution in [3.05, 3.63) is 35.9 Å². The van der Waals surface area contributed by atoms with Gasteiger partial charge in [0.15, 0.2) is 0 Å². The lowest BCUT2D eigenvalue weighted by Gasteiger charge is -2.41. The van der Waals surface area contributed by atoms with Crippen molar-refractivity contribution in [2.24, 2.45) is 17.8 Å². The lowest BCUT2D eigenvalue weighted by atomic mass is 9.78. The van der Waals surface area contributed by atoms with Crippen LogP contribution in [0.3, 0.4) is 0 Å². The molecular weight excluding hydrogens is 464 g/mol. The maximum absolute atomic E-state index is 13.1. The molecule has 2 fully saturated rings. The normalized spacial score (nSPS) is 22.4. The van der Waals surface area contributed by atoms with Crippen molar-refractivity contribution >= 4 is 23.9 Å². The highest BCUT2D eigenvalue weighted by atomic mass is 16.7. The highest BCUT2D eigenvalue weighted by molar-refractivity contribution is 6.01. The molecule has 2 saturated heterocycles. The van der Waals surface area contributed by atoms with Crippen molar-refractivity contribution in [2.75, 3.05) is 13.2 Å². The van der Waals surface area contributed by atoms with Crippen molar-refractivity contribution in [1.82, 2.24) is 9.96 Å². The van der Waals surface area contributed by atoms with Crippen LogP contribution in [0.2, 0.25) is 0 Å². The quantitative estimate of drug-likeness (QED) is 0.493. The van der Waals surface area contributed by atoms with Crippen LogP contribution in [0.25, 0.3) is 0 Å². The number of carbonyl (C=O) groups excluding carboxylic acids is 4. The minimum absolute atomic E-state index is 0.0103. The van der Waals surface area contributed by atoms with E-state index in [1.807, 2.05) is 30.3 Å². The minimum atomic E-state index is -0.936. The number of amides is 3. The molecular formula is C27H38N2O7. The maximum Gasteiger partial charge on any atom is 0.411 e. The summed E-state index contributed by atoms with van der Waals surface area (Å²) in [6.45, 7) is 11.0. The number of imide groups is 1. The first-order valence-electron chi connectivity index (χ1n) is 12.6. The first kappa shape index (κ1) is 27.6. The SMILES string of the molecule is CC(COCc1ccccc1)C(C)C1CC[C@@H](C(=O)ON2C(=O)CCC2=O)N(C(=O)OC(C)(C)C)C1. The fraction of sp³-hybridized carbons (Fsp3) is 0.630. The molecule has 9 nitrogen and oxygen atoms in total. The first-order chi connectivity index (χ1) is 17.0. The van der Waals surface area contributed by atoms with E-state index in [1.54, 1.807) is 20.8 Å². The molecule has 0 N–H and O–H groups in total. The van der Waals surface area contributed by atoms with Gasteiger partial charge in [-0.05, 0) is 56.9 Å². The van der Waals surface area contributed by atoms with E-state index in [4.69, 9.17) is 14.3 Å². The van der Waals surface area contributed by atoms with Crippen LogP contribution in [0.1, 0.15) is 65.9 Å². The van der Waals surface area contributed by atoms with E-state index in [-0.39, 0.29) is 30.6 Å². The topological polar surface area (TPSA) is 102 Å². The Bertz CT molecular complexity index is 927. The van der Waals surface area contributed by atoms with Gasteiger partial charge in [-0.25, -0.2) is 9.59 Å². The van der Waals surface area contributed by atoms with E-state index in [2.05, 4.69) is 13.8 Å².